The van der Waals surface area contributed by atoms with Crippen LogP contribution in [0.2, 0.25) is 0 Å². The van der Waals surface area contributed by atoms with Gasteiger partial charge in [0, 0.05) is 17.6 Å². The zero-order valence-corrected chi connectivity index (χ0v) is 13.8. The van der Waals surface area contributed by atoms with Crippen LogP contribution in [0.1, 0.15) is 53.0 Å². The highest BCUT2D eigenvalue weighted by Gasteiger charge is 2.23. The van der Waals surface area contributed by atoms with Crippen molar-refractivity contribution in [3.8, 4) is 5.75 Å². The third-order valence-corrected chi connectivity index (χ3v) is 3.64. The summed E-state index contributed by atoms with van der Waals surface area (Å²) in [7, 11) is 0. The van der Waals surface area contributed by atoms with Crippen molar-refractivity contribution in [2.45, 2.75) is 65.1 Å². The maximum atomic E-state index is 13.4. The second-order valence-electron chi connectivity index (χ2n) is 6.58. The van der Waals surface area contributed by atoms with Gasteiger partial charge in [-0.15, -0.1) is 0 Å². The predicted octanol–water partition coefficient (Wildman–Crippen LogP) is 3.64. The molecular formula is C17H28FNO2. The van der Waals surface area contributed by atoms with E-state index < -0.39 is 5.60 Å². The Labute approximate surface area is 127 Å². The first-order valence-electron chi connectivity index (χ1n) is 7.58. The Hall–Kier alpha value is -1.13. The van der Waals surface area contributed by atoms with E-state index in [9.17, 15) is 9.50 Å². The SMILES string of the molecule is CCC(O)(CC)COc1ccc(F)cc1CNC(C)(C)C. The van der Waals surface area contributed by atoms with Crippen LogP contribution in [0.5, 0.6) is 5.75 Å². The van der Waals surface area contributed by atoms with Crippen molar-refractivity contribution in [2.24, 2.45) is 0 Å². The van der Waals surface area contributed by atoms with Gasteiger partial charge in [-0.1, -0.05) is 13.8 Å². The highest BCUT2D eigenvalue weighted by atomic mass is 19.1. The van der Waals surface area contributed by atoms with Gasteiger partial charge in [0.1, 0.15) is 18.2 Å². The average molecular weight is 297 g/mol. The smallest absolute Gasteiger partial charge is 0.124 e. The molecule has 1 aromatic rings. The summed E-state index contributed by atoms with van der Waals surface area (Å²) in [5, 5.41) is 13.6. The molecule has 1 aromatic carbocycles. The van der Waals surface area contributed by atoms with E-state index in [1.807, 2.05) is 13.8 Å². The molecule has 0 spiro atoms. The molecule has 21 heavy (non-hydrogen) atoms. The summed E-state index contributed by atoms with van der Waals surface area (Å²) in [5.74, 6) is 0.336. The van der Waals surface area contributed by atoms with Crippen molar-refractivity contribution in [1.82, 2.24) is 5.32 Å². The third-order valence-electron chi connectivity index (χ3n) is 3.64. The van der Waals surface area contributed by atoms with Gasteiger partial charge in [-0.2, -0.15) is 0 Å². The molecule has 4 heteroatoms. The van der Waals surface area contributed by atoms with Gasteiger partial charge in [0.25, 0.3) is 0 Å². The molecule has 0 saturated carbocycles. The first-order chi connectivity index (χ1) is 9.69. The Bertz CT molecular complexity index is 451. The zero-order valence-electron chi connectivity index (χ0n) is 13.8. The van der Waals surface area contributed by atoms with Gasteiger partial charge in [0.2, 0.25) is 0 Å². The molecule has 0 amide bonds. The molecular weight excluding hydrogens is 269 g/mol. The van der Waals surface area contributed by atoms with Gasteiger partial charge in [-0.05, 0) is 51.8 Å². The lowest BCUT2D eigenvalue weighted by molar-refractivity contribution is -0.0116. The quantitative estimate of drug-likeness (QED) is 0.807. The standard InChI is InChI=1S/C17H28FNO2/c1-6-17(20,7-2)12-21-15-9-8-14(18)10-13(15)11-19-16(3,4)5/h8-10,19-20H,6-7,11-12H2,1-5H3. The van der Waals surface area contributed by atoms with Gasteiger partial charge < -0.3 is 15.2 Å². The van der Waals surface area contributed by atoms with Gasteiger partial charge in [0.15, 0.2) is 0 Å². The number of aliphatic hydroxyl groups is 1. The molecule has 0 aliphatic heterocycles. The average Bonchev–Trinajstić information content (AvgIpc) is 2.43. The molecule has 0 aliphatic rings. The van der Waals surface area contributed by atoms with Crippen molar-refractivity contribution in [1.29, 1.82) is 0 Å². The molecule has 0 atom stereocenters. The largest absolute Gasteiger partial charge is 0.490 e. The van der Waals surface area contributed by atoms with Crippen molar-refractivity contribution >= 4 is 0 Å². The van der Waals surface area contributed by atoms with Crippen LogP contribution in [-0.2, 0) is 6.54 Å². The maximum absolute atomic E-state index is 13.4. The van der Waals surface area contributed by atoms with Crippen LogP contribution in [0.4, 0.5) is 4.39 Å². The number of rotatable bonds is 7. The maximum Gasteiger partial charge on any atom is 0.124 e. The van der Waals surface area contributed by atoms with Crippen LogP contribution >= 0.6 is 0 Å². The molecule has 3 nitrogen and oxygen atoms in total. The molecule has 0 unspecified atom stereocenters. The minimum atomic E-state index is -0.830. The summed E-state index contributed by atoms with van der Waals surface area (Å²) in [5.41, 5.74) is -0.125. The van der Waals surface area contributed by atoms with Crippen LogP contribution < -0.4 is 10.1 Å². The molecule has 0 bridgehead atoms. The number of nitrogens with one attached hydrogen (secondary N) is 1. The molecule has 0 saturated heterocycles. The second-order valence-corrected chi connectivity index (χ2v) is 6.58. The Balaban J connectivity index is 2.82. The molecule has 0 aromatic heterocycles. The van der Waals surface area contributed by atoms with E-state index in [-0.39, 0.29) is 18.0 Å². The van der Waals surface area contributed by atoms with E-state index in [1.165, 1.54) is 12.1 Å². The Morgan fingerprint density at radius 3 is 2.33 bits per heavy atom. The molecule has 1 rings (SSSR count). The highest BCUT2D eigenvalue weighted by Crippen LogP contribution is 2.23. The van der Waals surface area contributed by atoms with E-state index >= 15 is 0 Å². The molecule has 2 N–H and O–H groups in total. The van der Waals surface area contributed by atoms with Crippen molar-refractivity contribution in [2.75, 3.05) is 6.61 Å². The summed E-state index contributed by atoms with van der Waals surface area (Å²) in [4.78, 5) is 0. The molecule has 120 valence electrons. The topological polar surface area (TPSA) is 41.5 Å². The van der Waals surface area contributed by atoms with Crippen LogP contribution in [0.3, 0.4) is 0 Å². The number of hydrogen-bond donors (Lipinski definition) is 2. The molecule has 0 fully saturated rings. The minimum Gasteiger partial charge on any atom is -0.490 e. The third kappa shape index (κ3) is 6.02. The summed E-state index contributed by atoms with van der Waals surface area (Å²) in [6.07, 6.45) is 1.25. The van der Waals surface area contributed by atoms with Crippen LogP contribution in [-0.4, -0.2) is 22.9 Å². The normalized spacial score (nSPS) is 12.5. The summed E-state index contributed by atoms with van der Waals surface area (Å²) in [6.45, 7) is 10.8. The lowest BCUT2D eigenvalue weighted by atomic mass is 9.99. The first kappa shape index (κ1) is 17.9. The minimum absolute atomic E-state index is 0.0584. The van der Waals surface area contributed by atoms with E-state index in [0.29, 0.717) is 25.1 Å². The fourth-order valence-corrected chi connectivity index (χ4v) is 1.85. The zero-order chi connectivity index (χ0) is 16.1. The Kier molecular flexibility index (Phi) is 6.17. The van der Waals surface area contributed by atoms with Crippen LogP contribution in [0.25, 0.3) is 0 Å². The summed E-state index contributed by atoms with van der Waals surface area (Å²) < 4.78 is 19.2. The van der Waals surface area contributed by atoms with E-state index in [4.69, 9.17) is 4.74 Å². The first-order valence-corrected chi connectivity index (χ1v) is 7.58. The molecule has 0 aliphatic carbocycles. The Morgan fingerprint density at radius 2 is 1.81 bits per heavy atom. The Morgan fingerprint density at radius 1 is 1.19 bits per heavy atom. The highest BCUT2D eigenvalue weighted by molar-refractivity contribution is 5.34. The lowest BCUT2D eigenvalue weighted by Gasteiger charge is -2.26. The van der Waals surface area contributed by atoms with Crippen molar-refractivity contribution < 1.29 is 14.2 Å². The fourth-order valence-electron chi connectivity index (χ4n) is 1.85. The van der Waals surface area contributed by atoms with E-state index in [1.54, 1.807) is 6.07 Å². The predicted molar refractivity (Wildman–Crippen MR) is 84.0 cm³/mol. The van der Waals surface area contributed by atoms with E-state index in [2.05, 4.69) is 26.1 Å². The van der Waals surface area contributed by atoms with Gasteiger partial charge in [-0.3, -0.25) is 0 Å². The second kappa shape index (κ2) is 7.23. The fraction of sp³-hybridized carbons (Fsp3) is 0.647. The molecule has 0 radical (unpaired) electrons. The molecule has 0 heterocycles. The van der Waals surface area contributed by atoms with Gasteiger partial charge >= 0.3 is 0 Å². The van der Waals surface area contributed by atoms with Crippen LogP contribution in [0.15, 0.2) is 18.2 Å². The summed E-state index contributed by atoms with van der Waals surface area (Å²) >= 11 is 0. The van der Waals surface area contributed by atoms with Crippen molar-refractivity contribution in [3.05, 3.63) is 29.6 Å². The number of halogens is 1. The van der Waals surface area contributed by atoms with Crippen LogP contribution in [0, 0.1) is 5.82 Å². The van der Waals surface area contributed by atoms with Crippen molar-refractivity contribution in [3.63, 3.8) is 0 Å². The lowest BCUT2D eigenvalue weighted by Crippen LogP contribution is -2.36. The summed E-state index contributed by atoms with van der Waals surface area (Å²) in [6, 6.07) is 4.48. The van der Waals surface area contributed by atoms with E-state index in [0.717, 1.165) is 5.56 Å². The monoisotopic (exact) mass is 297 g/mol. The number of benzene rings is 1. The van der Waals surface area contributed by atoms with Gasteiger partial charge in [0.05, 0.1) is 5.60 Å². The number of hydrogen-bond acceptors (Lipinski definition) is 3. The number of ether oxygens (including phenoxy) is 1. The van der Waals surface area contributed by atoms with Gasteiger partial charge in [-0.25, -0.2) is 4.39 Å².